The number of amides is 2. The van der Waals surface area contributed by atoms with E-state index in [4.69, 9.17) is 14.5 Å². The van der Waals surface area contributed by atoms with Crippen molar-refractivity contribution in [2.24, 2.45) is 23.7 Å². The molecule has 1 unspecified atom stereocenters. The summed E-state index contributed by atoms with van der Waals surface area (Å²) < 4.78 is 11.2. The second kappa shape index (κ2) is 15.1. The number of pyridine rings is 1. The van der Waals surface area contributed by atoms with Crippen molar-refractivity contribution in [3.05, 3.63) is 54.2 Å². The van der Waals surface area contributed by atoms with Crippen LogP contribution >= 0.6 is 0 Å². The zero-order valence-corrected chi connectivity index (χ0v) is 28.8. The number of hydrogen-bond donors (Lipinski definition) is 1. The van der Waals surface area contributed by atoms with Gasteiger partial charge in [0.15, 0.2) is 0 Å². The number of methoxy groups -OCH3 is 1. The minimum absolute atomic E-state index is 0.0969. The number of allylic oxidation sites excluding steroid dienone is 3. The summed E-state index contributed by atoms with van der Waals surface area (Å²) in [5.41, 5.74) is 3.11. The smallest absolute Gasteiger partial charge is 0.410 e. The van der Waals surface area contributed by atoms with Crippen LogP contribution in [-0.2, 0) is 14.3 Å². The third-order valence-electron chi connectivity index (χ3n) is 10.7. The van der Waals surface area contributed by atoms with E-state index in [2.05, 4.69) is 29.0 Å². The summed E-state index contributed by atoms with van der Waals surface area (Å²) in [4.78, 5) is 45.8. The highest BCUT2D eigenvalue weighted by atomic mass is 16.6. The molecule has 3 fully saturated rings. The molecule has 2 saturated carbocycles. The Hall–Kier alpha value is -3.99. The Kier molecular flexibility index (Phi) is 10.6. The van der Waals surface area contributed by atoms with Crippen molar-refractivity contribution in [2.45, 2.75) is 76.9 Å². The zero-order valence-electron chi connectivity index (χ0n) is 28.8. The van der Waals surface area contributed by atoms with Crippen LogP contribution in [0.4, 0.5) is 16.6 Å². The van der Waals surface area contributed by atoms with E-state index in [1.54, 1.807) is 13.3 Å². The van der Waals surface area contributed by atoms with E-state index < -0.39 is 6.10 Å². The number of likely N-dealkylation sites (tertiary alicyclic amines) is 1. The molecule has 4 aliphatic rings. The van der Waals surface area contributed by atoms with Crippen molar-refractivity contribution in [1.29, 1.82) is 0 Å². The van der Waals surface area contributed by atoms with E-state index >= 15 is 0 Å². The van der Waals surface area contributed by atoms with Crippen molar-refractivity contribution in [1.82, 2.24) is 19.9 Å². The van der Waals surface area contributed by atoms with Crippen molar-refractivity contribution in [3.8, 4) is 11.1 Å². The lowest BCUT2D eigenvalue weighted by Gasteiger charge is -2.38. The highest BCUT2D eigenvalue weighted by Gasteiger charge is 2.37. The largest absolute Gasteiger partial charge is 0.497 e. The molecule has 0 radical (unpaired) electrons. The average Bonchev–Trinajstić information content (AvgIpc) is 3.09. The fraction of sp³-hybridized carbons (Fsp3) is 0.595. The molecule has 3 heterocycles. The molecule has 0 spiro atoms. The Balaban J connectivity index is 1.14. The number of anilines is 2. The molecule has 2 aromatic heterocycles. The lowest BCUT2D eigenvalue weighted by Crippen LogP contribution is -2.54. The van der Waals surface area contributed by atoms with E-state index in [9.17, 15) is 14.7 Å². The fourth-order valence-corrected chi connectivity index (χ4v) is 7.71. The summed E-state index contributed by atoms with van der Waals surface area (Å²) in [5.74, 6) is 3.79. The quantitative estimate of drug-likeness (QED) is 0.366. The molecule has 0 bridgehead atoms. The van der Waals surface area contributed by atoms with Crippen LogP contribution in [0.1, 0.15) is 64.7 Å². The topological polar surface area (TPSA) is 121 Å². The second-order valence-electron chi connectivity index (χ2n) is 14.3. The van der Waals surface area contributed by atoms with E-state index in [1.165, 1.54) is 10.5 Å². The van der Waals surface area contributed by atoms with Gasteiger partial charge < -0.3 is 24.4 Å². The minimum Gasteiger partial charge on any atom is -0.497 e. The third kappa shape index (κ3) is 7.83. The van der Waals surface area contributed by atoms with Gasteiger partial charge in [-0.2, -0.15) is 0 Å². The predicted octanol–water partition coefficient (Wildman–Crippen LogP) is 5.61. The molecular weight excluding hydrogens is 608 g/mol. The van der Waals surface area contributed by atoms with Gasteiger partial charge in [0.2, 0.25) is 11.9 Å². The van der Waals surface area contributed by atoms with Crippen LogP contribution in [-0.4, -0.2) is 90.0 Å². The minimum atomic E-state index is -0.460. The number of aliphatic hydroxyl groups is 1. The first-order chi connectivity index (χ1) is 23.2. The molecule has 1 saturated heterocycles. The standard InChI is InChI=1S/C37H50N6O5/c1-24-17-28(11-14-33(24)47-4)26-7-5-25(6-8-26)21-43(34-18-29(15-16-38-34)30-19-39-36(40-20-30)41(2)3)35(45)27-9-12-32(13-10-27)48-37(46)42-22-31(44)23-42/h11,14-16,18-20,25-28,31-32,44H,5-10,12-13,17,21-23H2,1-4H3. The van der Waals surface area contributed by atoms with Gasteiger partial charge in [-0.1, -0.05) is 6.08 Å². The van der Waals surface area contributed by atoms with E-state index in [1.807, 2.05) is 48.4 Å². The first kappa shape index (κ1) is 33.9. The molecule has 1 atom stereocenters. The summed E-state index contributed by atoms with van der Waals surface area (Å²) in [6.07, 6.45) is 16.9. The fourth-order valence-electron chi connectivity index (χ4n) is 7.71. The van der Waals surface area contributed by atoms with Crippen molar-refractivity contribution in [3.63, 3.8) is 0 Å². The van der Waals surface area contributed by atoms with Crippen LogP contribution in [0.3, 0.4) is 0 Å². The van der Waals surface area contributed by atoms with Gasteiger partial charge in [-0.3, -0.25) is 9.69 Å². The molecule has 2 amide bonds. The van der Waals surface area contributed by atoms with Crippen LogP contribution in [0.25, 0.3) is 11.1 Å². The average molecular weight is 659 g/mol. The molecular formula is C37H50N6O5. The SMILES string of the molecule is COC1=C(C)CC(C2CCC(CN(C(=O)C3CCC(OC(=O)N4CC(O)C4)CC3)c3cc(-c4cnc(N(C)C)nc4)ccn3)CC2)C=C1. The van der Waals surface area contributed by atoms with Crippen LogP contribution in [0.15, 0.2) is 54.2 Å². The summed E-state index contributed by atoms with van der Waals surface area (Å²) in [6, 6.07) is 3.92. The molecule has 3 aliphatic carbocycles. The molecule has 1 N–H and O–H groups in total. The van der Waals surface area contributed by atoms with Gasteiger partial charge in [0.05, 0.1) is 26.3 Å². The van der Waals surface area contributed by atoms with Crippen LogP contribution in [0.5, 0.6) is 0 Å². The summed E-state index contributed by atoms with van der Waals surface area (Å²) >= 11 is 0. The third-order valence-corrected chi connectivity index (χ3v) is 10.7. The van der Waals surface area contributed by atoms with Crippen molar-refractivity contribution in [2.75, 3.05) is 50.6 Å². The maximum atomic E-state index is 14.4. The van der Waals surface area contributed by atoms with Gasteiger partial charge in [0.25, 0.3) is 0 Å². The summed E-state index contributed by atoms with van der Waals surface area (Å²) in [6.45, 7) is 3.45. The van der Waals surface area contributed by atoms with E-state index in [0.29, 0.717) is 74.8 Å². The molecule has 1 aliphatic heterocycles. The molecule has 258 valence electrons. The number of nitrogens with zero attached hydrogens (tertiary/aromatic N) is 6. The van der Waals surface area contributed by atoms with Crippen molar-refractivity contribution < 1.29 is 24.2 Å². The zero-order chi connectivity index (χ0) is 33.8. The van der Waals surface area contributed by atoms with Crippen LogP contribution in [0.2, 0.25) is 0 Å². The first-order valence-corrected chi connectivity index (χ1v) is 17.5. The van der Waals surface area contributed by atoms with Crippen LogP contribution < -0.4 is 9.80 Å². The number of hydrogen-bond acceptors (Lipinski definition) is 9. The number of aromatic nitrogens is 3. The first-order valence-electron chi connectivity index (χ1n) is 17.5. The van der Waals surface area contributed by atoms with Gasteiger partial charge in [-0.15, -0.1) is 0 Å². The van der Waals surface area contributed by atoms with E-state index in [0.717, 1.165) is 49.0 Å². The molecule has 48 heavy (non-hydrogen) atoms. The molecule has 0 aromatic carbocycles. The Morgan fingerprint density at radius 3 is 2.31 bits per heavy atom. The van der Waals surface area contributed by atoms with Gasteiger partial charge >= 0.3 is 6.09 Å². The van der Waals surface area contributed by atoms with E-state index in [-0.39, 0.29) is 24.0 Å². The maximum Gasteiger partial charge on any atom is 0.410 e. The maximum absolute atomic E-state index is 14.4. The number of rotatable bonds is 9. The van der Waals surface area contributed by atoms with Crippen molar-refractivity contribution >= 4 is 23.8 Å². The molecule has 11 heteroatoms. The van der Waals surface area contributed by atoms with Gasteiger partial charge in [-0.25, -0.2) is 19.7 Å². The Labute approximate surface area is 284 Å². The predicted molar refractivity (Wildman–Crippen MR) is 184 cm³/mol. The number of aliphatic hydroxyl groups excluding tert-OH is 1. The molecule has 11 nitrogen and oxygen atoms in total. The van der Waals surface area contributed by atoms with Gasteiger partial charge in [-0.05, 0) is 112 Å². The normalized spacial score (nSPS) is 26.1. The Morgan fingerprint density at radius 1 is 0.979 bits per heavy atom. The number of carbonyl (C=O) groups excluding carboxylic acids is 2. The summed E-state index contributed by atoms with van der Waals surface area (Å²) in [5, 5.41) is 9.53. The second-order valence-corrected chi connectivity index (χ2v) is 14.3. The number of carbonyl (C=O) groups is 2. The van der Waals surface area contributed by atoms with Crippen LogP contribution in [0, 0.1) is 23.7 Å². The highest BCUT2D eigenvalue weighted by molar-refractivity contribution is 5.94. The molecule has 2 aromatic rings. The number of ether oxygens (including phenoxy) is 2. The Bertz CT molecular complexity index is 1490. The highest BCUT2D eigenvalue weighted by Crippen LogP contribution is 2.40. The Morgan fingerprint density at radius 2 is 1.69 bits per heavy atom. The lowest BCUT2D eigenvalue weighted by atomic mass is 9.72. The lowest BCUT2D eigenvalue weighted by molar-refractivity contribution is -0.124. The van der Waals surface area contributed by atoms with Gasteiger partial charge in [0, 0.05) is 50.7 Å². The van der Waals surface area contributed by atoms with Gasteiger partial charge in [0.1, 0.15) is 17.7 Å². The monoisotopic (exact) mass is 658 g/mol. The molecule has 6 rings (SSSR count). The number of β-amino-alcohol motifs (C(OH)–C–C–N with tert-alkyl or cyclic N) is 1. The summed E-state index contributed by atoms with van der Waals surface area (Å²) in [7, 11) is 5.56.